The Morgan fingerprint density at radius 1 is 0.867 bits per heavy atom. The van der Waals surface area contributed by atoms with E-state index in [1.54, 1.807) is 30.6 Å². The van der Waals surface area contributed by atoms with Crippen molar-refractivity contribution in [3.63, 3.8) is 0 Å². The van der Waals surface area contributed by atoms with Crippen LogP contribution in [0.4, 0.5) is 15.9 Å². The first-order valence-corrected chi connectivity index (χ1v) is 14.7. The van der Waals surface area contributed by atoms with Crippen molar-refractivity contribution in [2.24, 2.45) is 0 Å². The summed E-state index contributed by atoms with van der Waals surface area (Å²) < 4.78 is 15.7. The minimum absolute atomic E-state index is 0.00832. The van der Waals surface area contributed by atoms with Gasteiger partial charge >= 0.3 is 0 Å². The standard InChI is InChI=1S/C35H30FN7O2/c36-26-6-10-30(40-20-26)25-16-33-31(39-19-25)18-32(29-2-1-11-38-35(29)37)43(33)27-7-3-23(4-8-27)21-41-12-14-42(15-13-41)28-9-5-24(22-44)34(45)17-28/h1-11,16-20,22,45H,12-15,21H2,(H2,37,38). The summed E-state index contributed by atoms with van der Waals surface area (Å²) in [5.74, 6) is 0.0414. The lowest BCUT2D eigenvalue weighted by atomic mass is 10.1. The van der Waals surface area contributed by atoms with Gasteiger partial charge in [0.1, 0.15) is 17.4 Å². The Bertz CT molecular complexity index is 2000. The van der Waals surface area contributed by atoms with Crippen LogP contribution in [0.5, 0.6) is 5.75 Å². The number of fused-ring (bicyclic) bond motifs is 1. The highest BCUT2D eigenvalue weighted by Gasteiger charge is 2.20. The lowest BCUT2D eigenvalue weighted by molar-refractivity contribution is 0.112. The minimum Gasteiger partial charge on any atom is -0.507 e. The minimum atomic E-state index is -0.391. The molecule has 45 heavy (non-hydrogen) atoms. The molecule has 0 atom stereocenters. The number of phenolic OH excluding ortho intramolecular Hbond substituents is 1. The number of hydrogen-bond acceptors (Lipinski definition) is 8. The molecular formula is C35H30FN7O2. The van der Waals surface area contributed by atoms with Gasteiger partial charge in [0.2, 0.25) is 0 Å². The molecule has 5 heterocycles. The number of rotatable bonds is 7. The van der Waals surface area contributed by atoms with Crippen LogP contribution in [0.1, 0.15) is 15.9 Å². The van der Waals surface area contributed by atoms with Gasteiger partial charge in [-0.1, -0.05) is 12.1 Å². The van der Waals surface area contributed by atoms with E-state index in [2.05, 4.69) is 48.6 Å². The van der Waals surface area contributed by atoms with Crippen molar-refractivity contribution < 1.29 is 14.3 Å². The summed E-state index contributed by atoms with van der Waals surface area (Å²) in [7, 11) is 0. The first kappa shape index (κ1) is 28.2. The third-order valence-electron chi connectivity index (χ3n) is 8.27. The van der Waals surface area contributed by atoms with E-state index >= 15 is 0 Å². The van der Waals surface area contributed by atoms with Gasteiger partial charge in [-0.05, 0) is 66.2 Å². The largest absolute Gasteiger partial charge is 0.507 e. The van der Waals surface area contributed by atoms with Crippen LogP contribution in [0.2, 0.25) is 0 Å². The number of carbonyl (C=O) groups excluding carboxylic acids is 1. The van der Waals surface area contributed by atoms with Gasteiger partial charge in [-0.3, -0.25) is 19.7 Å². The molecule has 1 fully saturated rings. The zero-order valence-corrected chi connectivity index (χ0v) is 24.3. The second kappa shape index (κ2) is 11.8. The van der Waals surface area contributed by atoms with E-state index in [-0.39, 0.29) is 5.75 Å². The van der Waals surface area contributed by atoms with Gasteiger partial charge in [-0.2, -0.15) is 0 Å². The second-order valence-corrected chi connectivity index (χ2v) is 11.1. The van der Waals surface area contributed by atoms with Crippen molar-refractivity contribution in [1.29, 1.82) is 0 Å². The average Bonchev–Trinajstić information content (AvgIpc) is 3.44. The van der Waals surface area contributed by atoms with Crippen LogP contribution >= 0.6 is 0 Å². The molecule has 0 unspecified atom stereocenters. The van der Waals surface area contributed by atoms with Crippen LogP contribution in [-0.2, 0) is 6.54 Å². The maximum Gasteiger partial charge on any atom is 0.153 e. The molecule has 10 heteroatoms. The molecule has 1 saturated heterocycles. The molecular weight excluding hydrogens is 569 g/mol. The summed E-state index contributed by atoms with van der Waals surface area (Å²) in [4.78, 5) is 29.0. The number of nitrogen functional groups attached to an aromatic ring is 1. The molecule has 4 aromatic heterocycles. The molecule has 224 valence electrons. The highest BCUT2D eigenvalue weighted by molar-refractivity contribution is 5.90. The maximum atomic E-state index is 13.6. The highest BCUT2D eigenvalue weighted by atomic mass is 19.1. The predicted octanol–water partition coefficient (Wildman–Crippen LogP) is 5.71. The van der Waals surface area contributed by atoms with E-state index in [0.717, 1.165) is 72.0 Å². The number of halogens is 1. The number of phenols is 1. The molecule has 2 aromatic carbocycles. The molecule has 1 aliphatic heterocycles. The Hall–Kier alpha value is -5.61. The van der Waals surface area contributed by atoms with Crippen molar-refractivity contribution in [3.8, 4) is 34.0 Å². The zero-order valence-electron chi connectivity index (χ0n) is 24.3. The maximum absolute atomic E-state index is 13.6. The smallest absolute Gasteiger partial charge is 0.153 e. The average molecular weight is 600 g/mol. The first-order chi connectivity index (χ1) is 22.0. The number of nitrogens with two attached hydrogens (primary N) is 1. The number of aldehydes is 1. The molecule has 0 amide bonds. The summed E-state index contributed by atoms with van der Waals surface area (Å²) >= 11 is 0. The third kappa shape index (κ3) is 5.59. The number of carbonyl (C=O) groups is 1. The summed E-state index contributed by atoms with van der Waals surface area (Å²) in [6.45, 7) is 4.19. The second-order valence-electron chi connectivity index (χ2n) is 11.1. The van der Waals surface area contributed by atoms with Gasteiger partial charge in [0.25, 0.3) is 0 Å². The Kier molecular flexibility index (Phi) is 7.40. The van der Waals surface area contributed by atoms with Crippen LogP contribution in [-0.4, -0.2) is 62.0 Å². The lowest BCUT2D eigenvalue weighted by Gasteiger charge is -2.36. The molecule has 3 N–H and O–H groups in total. The van der Waals surface area contributed by atoms with Gasteiger partial charge in [0.05, 0.1) is 34.2 Å². The van der Waals surface area contributed by atoms with Crippen molar-refractivity contribution >= 4 is 28.8 Å². The number of hydrogen-bond donors (Lipinski definition) is 2. The summed E-state index contributed by atoms with van der Waals surface area (Å²) in [6, 6.07) is 24.5. The van der Waals surface area contributed by atoms with Crippen LogP contribution in [0.25, 0.3) is 39.2 Å². The van der Waals surface area contributed by atoms with E-state index in [1.165, 1.54) is 17.8 Å². The highest BCUT2D eigenvalue weighted by Crippen LogP contribution is 2.35. The van der Waals surface area contributed by atoms with E-state index in [1.807, 2.05) is 30.3 Å². The first-order valence-electron chi connectivity index (χ1n) is 14.7. The van der Waals surface area contributed by atoms with Crippen LogP contribution in [0.15, 0.2) is 97.5 Å². The summed E-state index contributed by atoms with van der Waals surface area (Å²) in [5, 5.41) is 10.1. The molecule has 6 aromatic rings. The molecule has 0 spiro atoms. The van der Waals surface area contributed by atoms with E-state index in [4.69, 9.17) is 10.7 Å². The lowest BCUT2D eigenvalue weighted by Crippen LogP contribution is -2.45. The molecule has 0 saturated carbocycles. The number of pyridine rings is 3. The van der Waals surface area contributed by atoms with Crippen molar-refractivity contribution in [3.05, 3.63) is 114 Å². The van der Waals surface area contributed by atoms with Gasteiger partial charge in [0.15, 0.2) is 6.29 Å². The van der Waals surface area contributed by atoms with Crippen LogP contribution in [0.3, 0.4) is 0 Å². The fourth-order valence-electron chi connectivity index (χ4n) is 5.88. The SMILES string of the molecule is Nc1ncccc1-c1cc2ncc(-c3ccc(F)cn3)cc2n1-c1ccc(CN2CCN(c3ccc(C=O)c(O)c3)CC2)cc1. The van der Waals surface area contributed by atoms with Crippen molar-refractivity contribution in [1.82, 2.24) is 24.4 Å². The topological polar surface area (TPSA) is 113 Å². The normalized spacial score (nSPS) is 13.8. The monoisotopic (exact) mass is 599 g/mol. The number of benzene rings is 2. The quantitative estimate of drug-likeness (QED) is 0.224. The van der Waals surface area contributed by atoms with Crippen LogP contribution in [0, 0.1) is 5.82 Å². The summed E-state index contributed by atoms with van der Waals surface area (Å²) in [5.41, 5.74) is 14.4. The van der Waals surface area contributed by atoms with Gasteiger partial charge in [-0.25, -0.2) is 9.37 Å². The van der Waals surface area contributed by atoms with E-state index in [0.29, 0.717) is 23.4 Å². The Morgan fingerprint density at radius 3 is 2.38 bits per heavy atom. The predicted molar refractivity (Wildman–Crippen MR) is 173 cm³/mol. The number of nitrogens with zero attached hydrogens (tertiary/aromatic N) is 6. The van der Waals surface area contributed by atoms with Gasteiger partial charge < -0.3 is 20.3 Å². The summed E-state index contributed by atoms with van der Waals surface area (Å²) in [6.07, 6.45) is 5.28. The Morgan fingerprint density at radius 2 is 1.67 bits per heavy atom. The van der Waals surface area contributed by atoms with E-state index in [9.17, 15) is 14.3 Å². The number of aromatic nitrogens is 4. The molecule has 0 radical (unpaired) electrons. The van der Waals surface area contributed by atoms with E-state index < -0.39 is 5.82 Å². The fraction of sp³-hybridized carbons (Fsp3) is 0.143. The van der Waals surface area contributed by atoms with Crippen LogP contribution < -0.4 is 10.6 Å². The molecule has 7 rings (SSSR count). The van der Waals surface area contributed by atoms with Gasteiger partial charge in [-0.15, -0.1) is 0 Å². The number of aromatic hydroxyl groups is 1. The molecule has 1 aliphatic rings. The third-order valence-corrected chi connectivity index (χ3v) is 8.27. The van der Waals surface area contributed by atoms with Gasteiger partial charge in [0, 0.05) is 73.7 Å². The number of anilines is 2. The fourth-order valence-corrected chi connectivity index (χ4v) is 5.88. The van der Waals surface area contributed by atoms with Crippen molar-refractivity contribution in [2.45, 2.75) is 6.54 Å². The Labute approximate surface area is 259 Å². The molecule has 0 aliphatic carbocycles. The molecule has 9 nitrogen and oxygen atoms in total. The number of piperazine rings is 1. The molecule has 0 bridgehead atoms. The van der Waals surface area contributed by atoms with Crippen molar-refractivity contribution in [2.75, 3.05) is 36.8 Å². The Balaban J connectivity index is 1.15. The zero-order chi connectivity index (χ0) is 30.9.